The summed E-state index contributed by atoms with van der Waals surface area (Å²) in [4.78, 5) is 38.6. The fourth-order valence-corrected chi connectivity index (χ4v) is 3.65. The minimum Gasteiger partial charge on any atom is -0.364 e. The highest BCUT2D eigenvalue weighted by molar-refractivity contribution is 5.96. The largest absolute Gasteiger partial charge is 0.364 e. The van der Waals surface area contributed by atoms with Gasteiger partial charge in [-0.05, 0) is 43.2 Å². The molecule has 0 unspecified atom stereocenters. The van der Waals surface area contributed by atoms with Crippen LogP contribution >= 0.6 is 0 Å². The third-order valence-corrected chi connectivity index (χ3v) is 5.13. The first-order valence-electron chi connectivity index (χ1n) is 10.00. The van der Waals surface area contributed by atoms with Crippen LogP contribution in [0, 0.1) is 0 Å². The first-order valence-corrected chi connectivity index (χ1v) is 10.00. The zero-order chi connectivity index (χ0) is 21.8. The monoisotopic (exact) mass is 417 g/mol. The van der Waals surface area contributed by atoms with E-state index in [0.29, 0.717) is 18.9 Å². The van der Waals surface area contributed by atoms with Gasteiger partial charge in [-0.3, -0.25) is 14.6 Å². The second-order valence-corrected chi connectivity index (χ2v) is 7.32. The molecule has 1 atom stereocenters. The van der Waals surface area contributed by atoms with Crippen LogP contribution < -0.4 is 16.4 Å². The van der Waals surface area contributed by atoms with Gasteiger partial charge >= 0.3 is 0 Å². The van der Waals surface area contributed by atoms with Crippen molar-refractivity contribution < 1.29 is 9.59 Å². The van der Waals surface area contributed by atoms with Gasteiger partial charge in [-0.2, -0.15) is 0 Å². The molecule has 9 nitrogen and oxygen atoms in total. The maximum absolute atomic E-state index is 11.9. The Morgan fingerprint density at radius 2 is 2.13 bits per heavy atom. The third kappa shape index (κ3) is 4.61. The highest BCUT2D eigenvalue weighted by Gasteiger charge is 2.23. The van der Waals surface area contributed by atoms with Gasteiger partial charge in [0.05, 0.1) is 11.7 Å². The molecular formula is C22H23N7O2. The summed E-state index contributed by atoms with van der Waals surface area (Å²) in [6.45, 7) is 4.80. The van der Waals surface area contributed by atoms with Crippen LogP contribution in [0.25, 0.3) is 10.9 Å². The van der Waals surface area contributed by atoms with Crippen molar-refractivity contribution in [3.63, 3.8) is 0 Å². The molecule has 0 bridgehead atoms. The number of rotatable bonds is 6. The summed E-state index contributed by atoms with van der Waals surface area (Å²) in [5, 5.41) is 7.40. The Labute approximate surface area is 179 Å². The van der Waals surface area contributed by atoms with E-state index in [9.17, 15) is 9.59 Å². The lowest BCUT2D eigenvalue weighted by molar-refractivity contribution is -0.127. The minimum absolute atomic E-state index is 0.0194. The van der Waals surface area contributed by atoms with E-state index in [4.69, 9.17) is 5.73 Å². The van der Waals surface area contributed by atoms with Gasteiger partial charge in [0.2, 0.25) is 5.91 Å². The summed E-state index contributed by atoms with van der Waals surface area (Å²) in [5.74, 6) is -0.0114. The number of aromatic nitrogens is 3. The number of nitrogens with one attached hydrogen (secondary N) is 2. The van der Waals surface area contributed by atoms with E-state index in [1.54, 1.807) is 11.1 Å². The van der Waals surface area contributed by atoms with Crippen LogP contribution in [0.15, 0.2) is 55.4 Å². The number of anilines is 3. The predicted molar refractivity (Wildman–Crippen MR) is 119 cm³/mol. The molecule has 3 heterocycles. The van der Waals surface area contributed by atoms with E-state index in [1.165, 1.54) is 12.3 Å². The molecule has 2 amide bonds. The Hall–Kier alpha value is -4.01. The van der Waals surface area contributed by atoms with Crippen LogP contribution in [-0.2, 0) is 4.79 Å². The van der Waals surface area contributed by atoms with Crippen molar-refractivity contribution in [2.45, 2.75) is 18.9 Å². The highest BCUT2D eigenvalue weighted by Crippen LogP contribution is 2.23. The van der Waals surface area contributed by atoms with Crippen molar-refractivity contribution in [2.24, 2.45) is 5.73 Å². The number of fused-ring (bicyclic) bond motifs is 1. The van der Waals surface area contributed by atoms with Crippen molar-refractivity contribution >= 4 is 40.0 Å². The lowest BCUT2D eigenvalue weighted by atomic mass is 10.1. The molecule has 31 heavy (non-hydrogen) atoms. The number of hydrogen-bond donors (Lipinski definition) is 3. The number of benzene rings is 1. The van der Waals surface area contributed by atoms with E-state index >= 15 is 0 Å². The van der Waals surface area contributed by atoms with E-state index in [0.717, 1.165) is 29.4 Å². The summed E-state index contributed by atoms with van der Waals surface area (Å²) in [6.07, 6.45) is 6.30. The Kier molecular flexibility index (Phi) is 5.74. The average molecular weight is 417 g/mol. The van der Waals surface area contributed by atoms with Crippen LogP contribution in [0.1, 0.15) is 23.3 Å². The number of carbonyl (C=O) groups excluding carboxylic acids is 2. The summed E-state index contributed by atoms with van der Waals surface area (Å²) in [7, 11) is 0. The second-order valence-electron chi connectivity index (χ2n) is 7.32. The van der Waals surface area contributed by atoms with Crippen molar-refractivity contribution in [3.8, 4) is 0 Å². The van der Waals surface area contributed by atoms with Gasteiger partial charge in [0.15, 0.2) is 11.5 Å². The van der Waals surface area contributed by atoms with Crippen LogP contribution in [0.2, 0.25) is 0 Å². The molecule has 1 fully saturated rings. The van der Waals surface area contributed by atoms with Gasteiger partial charge in [-0.1, -0.05) is 12.6 Å². The lowest BCUT2D eigenvalue weighted by Crippen LogP contribution is -2.44. The minimum atomic E-state index is -0.676. The number of likely N-dealkylation sites (tertiary alicyclic amines) is 1. The van der Waals surface area contributed by atoms with Crippen molar-refractivity contribution in [3.05, 3.63) is 61.1 Å². The van der Waals surface area contributed by atoms with Gasteiger partial charge in [0.25, 0.3) is 5.91 Å². The maximum atomic E-state index is 11.9. The number of nitrogens with two attached hydrogens (primary N) is 1. The van der Waals surface area contributed by atoms with Gasteiger partial charge in [0, 0.05) is 36.4 Å². The molecule has 4 N–H and O–H groups in total. The molecule has 3 aromatic rings. The van der Waals surface area contributed by atoms with Crippen molar-refractivity contribution in [1.29, 1.82) is 0 Å². The molecule has 1 saturated heterocycles. The molecule has 1 aliphatic rings. The molecule has 2 aromatic heterocycles. The Morgan fingerprint density at radius 3 is 2.94 bits per heavy atom. The second kappa shape index (κ2) is 8.78. The van der Waals surface area contributed by atoms with Gasteiger partial charge in [0.1, 0.15) is 5.82 Å². The molecule has 4 rings (SSSR count). The van der Waals surface area contributed by atoms with Crippen LogP contribution in [0.5, 0.6) is 0 Å². The molecule has 9 heteroatoms. The molecule has 0 spiro atoms. The number of pyridine rings is 1. The van der Waals surface area contributed by atoms with E-state index in [-0.39, 0.29) is 23.5 Å². The smallest absolute Gasteiger partial charge is 0.271 e. The first-order chi connectivity index (χ1) is 15.0. The fraction of sp³-hybridized carbons (Fsp3) is 0.227. The number of hydrogen-bond acceptors (Lipinski definition) is 7. The number of amides is 2. The van der Waals surface area contributed by atoms with E-state index in [1.807, 2.05) is 30.3 Å². The zero-order valence-corrected chi connectivity index (χ0v) is 16.9. The standard InChI is InChI=1S/C22H23N7O2/c1-2-19(30)29-10-4-6-16(13-29)26-18-12-25-20(21(23)31)22(28-18)27-15-7-8-17-14(11-15)5-3-9-24-17/h2-3,5,7-9,11-12,16H,1,4,6,10,13H2,(H2,23,31)(H2,26,27,28)/t16-/m1/s1. The molecule has 1 aliphatic heterocycles. The van der Waals surface area contributed by atoms with Crippen LogP contribution in [0.3, 0.4) is 0 Å². The Morgan fingerprint density at radius 1 is 1.26 bits per heavy atom. The van der Waals surface area contributed by atoms with Gasteiger partial charge in [-0.25, -0.2) is 9.97 Å². The molecule has 0 aliphatic carbocycles. The SMILES string of the molecule is C=CC(=O)N1CCC[C@@H](Nc2cnc(C(N)=O)c(Nc3ccc4ncccc4c3)n2)C1. The maximum Gasteiger partial charge on any atom is 0.271 e. The van der Waals surface area contributed by atoms with Crippen molar-refractivity contribution in [2.75, 3.05) is 23.7 Å². The van der Waals surface area contributed by atoms with Crippen LogP contribution in [0.4, 0.5) is 17.3 Å². The van der Waals surface area contributed by atoms with Gasteiger partial charge in [-0.15, -0.1) is 0 Å². The fourth-order valence-electron chi connectivity index (χ4n) is 3.65. The average Bonchev–Trinajstić information content (AvgIpc) is 2.78. The Balaban J connectivity index is 1.56. The Bertz CT molecular complexity index is 1150. The summed E-state index contributed by atoms with van der Waals surface area (Å²) in [6, 6.07) is 9.47. The molecule has 0 saturated carbocycles. The highest BCUT2D eigenvalue weighted by atomic mass is 16.2. The van der Waals surface area contributed by atoms with E-state index < -0.39 is 5.91 Å². The van der Waals surface area contributed by atoms with Crippen molar-refractivity contribution in [1.82, 2.24) is 19.9 Å². The molecular weight excluding hydrogens is 394 g/mol. The summed E-state index contributed by atoms with van der Waals surface area (Å²) < 4.78 is 0. The molecule has 158 valence electrons. The topological polar surface area (TPSA) is 126 Å². The zero-order valence-electron chi connectivity index (χ0n) is 16.9. The summed E-state index contributed by atoms with van der Waals surface area (Å²) in [5.41, 5.74) is 7.13. The lowest BCUT2D eigenvalue weighted by Gasteiger charge is -2.32. The normalized spacial score (nSPS) is 16.0. The predicted octanol–water partition coefficient (Wildman–Crippen LogP) is 2.46. The number of primary amides is 1. The number of piperidine rings is 1. The van der Waals surface area contributed by atoms with E-state index in [2.05, 4.69) is 32.2 Å². The number of carbonyl (C=O) groups is 2. The van der Waals surface area contributed by atoms with Crippen LogP contribution in [-0.4, -0.2) is 50.8 Å². The third-order valence-electron chi connectivity index (χ3n) is 5.13. The quantitative estimate of drug-likeness (QED) is 0.526. The van der Waals surface area contributed by atoms with Gasteiger partial charge < -0.3 is 21.3 Å². The first kappa shape index (κ1) is 20.3. The number of nitrogens with zero attached hydrogens (tertiary/aromatic N) is 4. The molecule has 0 radical (unpaired) electrons. The summed E-state index contributed by atoms with van der Waals surface area (Å²) >= 11 is 0. The molecule has 1 aromatic carbocycles.